The first-order chi connectivity index (χ1) is 9.92. The minimum Gasteiger partial charge on any atom is -0.481 e. The van der Waals surface area contributed by atoms with E-state index in [1.807, 2.05) is 11.0 Å². The summed E-state index contributed by atoms with van der Waals surface area (Å²) < 4.78 is 0. The van der Waals surface area contributed by atoms with Gasteiger partial charge >= 0.3 is 5.97 Å². The quantitative estimate of drug-likeness (QED) is 0.766. The van der Waals surface area contributed by atoms with E-state index in [4.69, 9.17) is 0 Å². The van der Waals surface area contributed by atoms with Crippen molar-refractivity contribution in [2.75, 3.05) is 0 Å². The predicted molar refractivity (Wildman–Crippen MR) is 81.7 cm³/mol. The van der Waals surface area contributed by atoms with E-state index in [2.05, 4.69) is 33.8 Å². The number of rotatable bonds is 6. The molecular formula is C17H27NO3. The molecule has 4 heteroatoms. The van der Waals surface area contributed by atoms with Crippen LogP contribution in [0.3, 0.4) is 0 Å². The van der Waals surface area contributed by atoms with Crippen LogP contribution in [0.15, 0.2) is 12.2 Å². The summed E-state index contributed by atoms with van der Waals surface area (Å²) in [7, 11) is 0. The Labute approximate surface area is 127 Å². The van der Waals surface area contributed by atoms with Crippen LogP contribution in [0.5, 0.6) is 0 Å². The van der Waals surface area contributed by atoms with Gasteiger partial charge in [0.05, 0.1) is 11.8 Å². The van der Waals surface area contributed by atoms with E-state index in [0.29, 0.717) is 0 Å². The van der Waals surface area contributed by atoms with Crippen molar-refractivity contribution >= 4 is 11.9 Å². The molecule has 118 valence electrons. The average Bonchev–Trinajstić information content (AvgIpc) is 3.07. The Morgan fingerprint density at radius 3 is 2.00 bits per heavy atom. The minimum atomic E-state index is -0.821. The first-order valence-electron chi connectivity index (χ1n) is 8.15. The molecule has 1 N–H and O–H groups in total. The Balaban J connectivity index is 2.27. The second kappa shape index (κ2) is 6.20. The third-order valence-corrected chi connectivity index (χ3v) is 5.42. The highest BCUT2D eigenvalue weighted by Crippen LogP contribution is 2.49. The topological polar surface area (TPSA) is 57.6 Å². The van der Waals surface area contributed by atoms with Crippen LogP contribution in [-0.2, 0) is 9.59 Å². The normalized spacial score (nSPS) is 33.0. The third-order valence-electron chi connectivity index (χ3n) is 5.42. The molecule has 0 aromatic carbocycles. The number of carboxylic acid groups (broad SMARTS) is 1. The molecule has 0 aliphatic heterocycles. The largest absolute Gasteiger partial charge is 0.481 e. The van der Waals surface area contributed by atoms with Gasteiger partial charge < -0.3 is 10.0 Å². The van der Waals surface area contributed by atoms with Crippen LogP contribution < -0.4 is 0 Å². The molecule has 2 rings (SSSR count). The summed E-state index contributed by atoms with van der Waals surface area (Å²) in [5.41, 5.74) is 0. The summed E-state index contributed by atoms with van der Waals surface area (Å²) in [6.45, 7) is 8.26. The second-order valence-corrected chi connectivity index (χ2v) is 6.60. The van der Waals surface area contributed by atoms with Crippen LogP contribution in [0.25, 0.3) is 0 Å². The first-order valence-corrected chi connectivity index (χ1v) is 8.15. The van der Waals surface area contributed by atoms with E-state index in [0.717, 1.165) is 19.3 Å². The molecule has 2 aliphatic rings. The van der Waals surface area contributed by atoms with Crippen molar-refractivity contribution in [3.05, 3.63) is 12.2 Å². The predicted octanol–water partition coefficient (Wildman–Crippen LogP) is 2.93. The molecule has 1 amide bonds. The van der Waals surface area contributed by atoms with Crippen LogP contribution >= 0.6 is 0 Å². The van der Waals surface area contributed by atoms with Crippen molar-refractivity contribution in [3.8, 4) is 0 Å². The number of nitrogens with zero attached hydrogens (tertiary/aromatic N) is 1. The lowest BCUT2D eigenvalue weighted by molar-refractivity contribution is -0.153. The SMILES string of the molecule is CC[C@@H](C)N(C(=O)[C@H]1[C@@H](C(=O)O)[C@H]2C=C[C@@H]1C2)[C@@H](C)CC. The second-order valence-electron chi connectivity index (χ2n) is 6.60. The lowest BCUT2D eigenvalue weighted by Crippen LogP contribution is -2.50. The summed E-state index contributed by atoms with van der Waals surface area (Å²) >= 11 is 0. The van der Waals surface area contributed by atoms with E-state index < -0.39 is 11.9 Å². The highest BCUT2D eigenvalue weighted by Gasteiger charge is 2.53. The summed E-state index contributed by atoms with van der Waals surface area (Å²) in [5, 5.41) is 9.52. The standard InChI is InChI=1S/C17H27NO3/c1-5-10(3)18(11(4)6-2)16(19)14-12-7-8-13(9-12)15(14)17(20)21/h7-8,10-15H,5-6,9H2,1-4H3,(H,20,21)/t10-,11+,12-,13+,14-,15+/m1/s1. The molecule has 0 unspecified atom stereocenters. The first kappa shape index (κ1) is 16.1. The fourth-order valence-corrected chi connectivity index (χ4v) is 3.93. The van der Waals surface area contributed by atoms with E-state index in [1.165, 1.54) is 0 Å². The lowest BCUT2D eigenvalue weighted by atomic mass is 9.81. The van der Waals surface area contributed by atoms with Crippen LogP contribution in [0.1, 0.15) is 47.0 Å². The highest BCUT2D eigenvalue weighted by atomic mass is 16.4. The molecule has 2 aliphatic carbocycles. The summed E-state index contributed by atoms with van der Waals surface area (Å²) in [6, 6.07) is 0.315. The highest BCUT2D eigenvalue weighted by molar-refractivity contribution is 5.87. The van der Waals surface area contributed by atoms with Crippen molar-refractivity contribution < 1.29 is 14.7 Å². The molecule has 0 radical (unpaired) electrons. The smallest absolute Gasteiger partial charge is 0.307 e. The van der Waals surface area contributed by atoms with Gasteiger partial charge in [0.25, 0.3) is 0 Å². The van der Waals surface area contributed by atoms with E-state index >= 15 is 0 Å². The Morgan fingerprint density at radius 1 is 1.10 bits per heavy atom. The number of carbonyl (C=O) groups excluding carboxylic acids is 1. The molecule has 0 aromatic heterocycles. The molecule has 21 heavy (non-hydrogen) atoms. The molecule has 0 saturated heterocycles. The molecule has 1 fully saturated rings. The molecule has 2 bridgehead atoms. The molecule has 1 saturated carbocycles. The molecule has 6 atom stereocenters. The van der Waals surface area contributed by atoms with Crippen molar-refractivity contribution in [2.45, 2.75) is 59.0 Å². The van der Waals surface area contributed by atoms with Gasteiger partial charge in [-0.15, -0.1) is 0 Å². The van der Waals surface area contributed by atoms with Gasteiger partial charge in [0.15, 0.2) is 0 Å². The van der Waals surface area contributed by atoms with Gasteiger partial charge in [-0.2, -0.15) is 0 Å². The maximum atomic E-state index is 13.1. The van der Waals surface area contributed by atoms with E-state index in [1.54, 1.807) is 0 Å². The number of aliphatic carboxylic acids is 1. The number of fused-ring (bicyclic) bond motifs is 2. The van der Waals surface area contributed by atoms with Gasteiger partial charge in [0.2, 0.25) is 5.91 Å². The van der Waals surface area contributed by atoms with E-state index in [9.17, 15) is 14.7 Å². The van der Waals surface area contributed by atoms with Gasteiger partial charge in [-0.1, -0.05) is 26.0 Å². The third kappa shape index (κ3) is 2.72. The molecule has 0 spiro atoms. The van der Waals surface area contributed by atoms with Gasteiger partial charge in [-0.05, 0) is 44.9 Å². The lowest BCUT2D eigenvalue weighted by Gasteiger charge is -2.38. The Kier molecular flexibility index (Phi) is 4.74. The van der Waals surface area contributed by atoms with Gasteiger partial charge in [0.1, 0.15) is 0 Å². The van der Waals surface area contributed by atoms with Crippen molar-refractivity contribution in [1.29, 1.82) is 0 Å². The monoisotopic (exact) mass is 293 g/mol. The summed E-state index contributed by atoms with van der Waals surface area (Å²) in [4.78, 5) is 26.6. The number of hydrogen-bond donors (Lipinski definition) is 1. The number of hydrogen-bond acceptors (Lipinski definition) is 2. The maximum absolute atomic E-state index is 13.1. The van der Waals surface area contributed by atoms with Crippen molar-refractivity contribution in [3.63, 3.8) is 0 Å². The summed E-state index contributed by atoms with van der Waals surface area (Å²) in [6.07, 6.45) is 6.65. The molecule has 0 aromatic rings. The molecule has 4 nitrogen and oxygen atoms in total. The van der Waals surface area contributed by atoms with Gasteiger partial charge in [-0.3, -0.25) is 9.59 Å². The van der Waals surface area contributed by atoms with E-state index in [-0.39, 0.29) is 35.7 Å². The van der Waals surface area contributed by atoms with Crippen LogP contribution in [0.2, 0.25) is 0 Å². The fraction of sp³-hybridized carbons (Fsp3) is 0.765. The number of carboxylic acids is 1. The molecule has 0 heterocycles. The number of amides is 1. The van der Waals surface area contributed by atoms with Crippen LogP contribution in [0.4, 0.5) is 0 Å². The van der Waals surface area contributed by atoms with Crippen molar-refractivity contribution in [1.82, 2.24) is 4.90 Å². The zero-order chi connectivity index (χ0) is 15.7. The van der Waals surface area contributed by atoms with Crippen LogP contribution in [0, 0.1) is 23.7 Å². The maximum Gasteiger partial charge on any atom is 0.307 e. The zero-order valence-electron chi connectivity index (χ0n) is 13.5. The van der Waals surface area contributed by atoms with Crippen molar-refractivity contribution in [2.24, 2.45) is 23.7 Å². The van der Waals surface area contributed by atoms with Gasteiger partial charge in [-0.25, -0.2) is 0 Å². The van der Waals surface area contributed by atoms with Gasteiger partial charge in [0, 0.05) is 12.1 Å². The summed E-state index contributed by atoms with van der Waals surface area (Å²) in [5.74, 6) is -1.54. The fourth-order valence-electron chi connectivity index (χ4n) is 3.93. The van der Waals surface area contributed by atoms with Crippen LogP contribution in [-0.4, -0.2) is 34.0 Å². The average molecular weight is 293 g/mol. The Morgan fingerprint density at radius 2 is 1.57 bits per heavy atom. The number of carbonyl (C=O) groups is 2. The molecular weight excluding hydrogens is 266 g/mol. The minimum absolute atomic E-state index is 0.0390. The zero-order valence-corrected chi connectivity index (χ0v) is 13.5. The number of allylic oxidation sites excluding steroid dienone is 2. The Hall–Kier alpha value is -1.32. The Bertz CT molecular complexity index is 435.